The molecule has 1 N–H and O–H groups in total. The fourth-order valence-electron chi connectivity index (χ4n) is 3.30. The first-order valence-electron chi connectivity index (χ1n) is 7.37. The van der Waals surface area contributed by atoms with Crippen molar-refractivity contribution in [2.75, 3.05) is 33.3 Å². The van der Waals surface area contributed by atoms with E-state index in [4.69, 9.17) is 4.74 Å². The SMILES string of the molecule is COc1cccc(CCC(=O)N2C[C@H]3CNC[C@H]3C2)c1. The molecule has 2 heterocycles. The zero-order valence-electron chi connectivity index (χ0n) is 12.0. The molecule has 2 fully saturated rings. The quantitative estimate of drug-likeness (QED) is 0.900. The molecule has 20 heavy (non-hydrogen) atoms. The summed E-state index contributed by atoms with van der Waals surface area (Å²) >= 11 is 0. The van der Waals surface area contributed by atoms with Gasteiger partial charge in [0.2, 0.25) is 5.91 Å². The molecule has 2 atom stereocenters. The van der Waals surface area contributed by atoms with Gasteiger partial charge in [0.15, 0.2) is 0 Å². The number of rotatable bonds is 4. The van der Waals surface area contributed by atoms with E-state index in [-0.39, 0.29) is 0 Å². The Kier molecular flexibility index (Phi) is 3.92. The molecule has 0 unspecified atom stereocenters. The number of nitrogens with zero attached hydrogens (tertiary/aromatic N) is 1. The monoisotopic (exact) mass is 274 g/mol. The number of fused-ring (bicyclic) bond motifs is 1. The molecular weight excluding hydrogens is 252 g/mol. The molecule has 0 aliphatic carbocycles. The third-order valence-electron chi connectivity index (χ3n) is 4.50. The van der Waals surface area contributed by atoms with E-state index < -0.39 is 0 Å². The summed E-state index contributed by atoms with van der Waals surface area (Å²) in [7, 11) is 1.67. The van der Waals surface area contributed by atoms with Crippen LogP contribution in [0.2, 0.25) is 0 Å². The van der Waals surface area contributed by atoms with Crippen molar-refractivity contribution < 1.29 is 9.53 Å². The summed E-state index contributed by atoms with van der Waals surface area (Å²) in [5.41, 5.74) is 1.17. The van der Waals surface area contributed by atoms with Gasteiger partial charge in [0.25, 0.3) is 0 Å². The zero-order chi connectivity index (χ0) is 13.9. The van der Waals surface area contributed by atoms with E-state index in [1.54, 1.807) is 7.11 Å². The van der Waals surface area contributed by atoms with Crippen LogP contribution >= 0.6 is 0 Å². The van der Waals surface area contributed by atoms with Crippen LogP contribution in [-0.4, -0.2) is 44.1 Å². The third kappa shape index (κ3) is 2.80. The normalized spacial score (nSPS) is 24.8. The maximum atomic E-state index is 12.3. The lowest BCUT2D eigenvalue weighted by molar-refractivity contribution is -0.130. The Morgan fingerprint density at radius 1 is 1.35 bits per heavy atom. The van der Waals surface area contributed by atoms with Crippen LogP contribution in [0.1, 0.15) is 12.0 Å². The van der Waals surface area contributed by atoms with Gasteiger partial charge in [-0.1, -0.05) is 12.1 Å². The number of hydrogen-bond donors (Lipinski definition) is 1. The van der Waals surface area contributed by atoms with E-state index in [0.717, 1.165) is 38.3 Å². The molecule has 0 saturated carbocycles. The topological polar surface area (TPSA) is 41.6 Å². The van der Waals surface area contributed by atoms with Crippen molar-refractivity contribution in [3.63, 3.8) is 0 Å². The lowest BCUT2D eigenvalue weighted by Crippen LogP contribution is -2.31. The molecule has 1 aromatic rings. The maximum absolute atomic E-state index is 12.3. The lowest BCUT2D eigenvalue weighted by atomic mass is 10.0. The number of likely N-dealkylation sites (tertiary alicyclic amines) is 1. The van der Waals surface area contributed by atoms with Crippen LogP contribution in [0.15, 0.2) is 24.3 Å². The van der Waals surface area contributed by atoms with Crippen molar-refractivity contribution in [3.05, 3.63) is 29.8 Å². The Bertz CT molecular complexity index is 477. The highest BCUT2D eigenvalue weighted by atomic mass is 16.5. The highest BCUT2D eigenvalue weighted by Gasteiger charge is 2.37. The first-order valence-corrected chi connectivity index (χ1v) is 7.37. The molecule has 4 nitrogen and oxygen atoms in total. The van der Waals surface area contributed by atoms with Gasteiger partial charge in [-0.05, 0) is 36.0 Å². The van der Waals surface area contributed by atoms with Crippen molar-refractivity contribution in [2.45, 2.75) is 12.8 Å². The largest absolute Gasteiger partial charge is 0.497 e. The van der Waals surface area contributed by atoms with Crippen LogP contribution in [0.5, 0.6) is 5.75 Å². The lowest BCUT2D eigenvalue weighted by Gasteiger charge is -2.17. The Hall–Kier alpha value is -1.55. The second kappa shape index (κ2) is 5.83. The van der Waals surface area contributed by atoms with E-state index in [9.17, 15) is 4.79 Å². The highest BCUT2D eigenvalue weighted by Crippen LogP contribution is 2.26. The van der Waals surface area contributed by atoms with Gasteiger partial charge in [0.1, 0.15) is 5.75 Å². The highest BCUT2D eigenvalue weighted by molar-refractivity contribution is 5.76. The number of methoxy groups -OCH3 is 1. The number of amides is 1. The summed E-state index contributed by atoms with van der Waals surface area (Å²) in [6, 6.07) is 7.97. The summed E-state index contributed by atoms with van der Waals surface area (Å²) < 4.78 is 5.21. The molecule has 0 bridgehead atoms. The number of hydrogen-bond acceptors (Lipinski definition) is 3. The zero-order valence-corrected chi connectivity index (χ0v) is 12.0. The molecule has 0 aromatic heterocycles. The van der Waals surface area contributed by atoms with Crippen LogP contribution in [0.25, 0.3) is 0 Å². The number of aryl methyl sites for hydroxylation is 1. The molecular formula is C16H22N2O2. The van der Waals surface area contributed by atoms with Crippen molar-refractivity contribution in [3.8, 4) is 5.75 Å². The third-order valence-corrected chi connectivity index (χ3v) is 4.50. The van der Waals surface area contributed by atoms with Crippen LogP contribution < -0.4 is 10.1 Å². The summed E-state index contributed by atoms with van der Waals surface area (Å²) in [5, 5.41) is 3.40. The van der Waals surface area contributed by atoms with Gasteiger partial charge in [0, 0.05) is 32.6 Å². The minimum absolute atomic E-state index is 0.294. The first kappa shape index (κ1) is 13.4. The van der Waals surface area contributed by atoms with E-state index in [1.807, 2.05) is 18.2 Å². The van der Waals surface area contributed by atoms with E-state index in [2.05, 4.69) is 16.3 Å². The van der Waals surface area contributed by atoms with Crippen LogP contribution in [-0.2, 0) is 11.2 Å². The Labute approximate surface area is 120 Å². The van der Waals surface area contributed by atoms with Gasteiger partial charge in [-0.2, -0.15) is 0 Å². The van der Waals surface area contributed by atoms with Crippen molar-refractivity contribution in [1.82, 2.24) is 10.2 Å². The summed E-state index contributed by atoms with van der Waals surface area (Å²) in [5.74, 6) is 2.51. The second-order valence-corrected chi connectivity index (χ2v) is 5.83. The van der Waals surface area contributed by atoms with Gasteiger partial charge < -0.3 is 15.0 Å². The Balaban J connectivity index is 1.52. The minimum Gasteiger partial charge on any atom is -0.497 e. The Morgan fingerprint density at radius 3 is 2.80 bits per heavy atom. The Morgan fingerprint density at radius 2 is 2.10 bits per heavy atom. The molecule has 3 rings (SSSR count). The molecule has 0 spiro atoms. The number of benzene rings is 1. The number of carbonyl (C=O) groups is 1. The van der Waals surface area contributed by atoms with E-state index >= 15 is 0 Å². The molecule has 2 aliphatic rings. The summed E-state index contributed by atoms with van der Waals surface area (Å²) in [4.78, 5) is 14.3. The molecule has 2 aliphatic heterocycles. The fraction of sp³-hybridized carbons (Fsp3) is 0.562. The fourth-order valence-corrected chi connectivity index (χ4v) is 3.30. The molecule has 0 radical (unpaired) electrons. The standard InChI is InChI=1S/C16H22N2O2/c1-20-15-4-2-3-12(7-15)5-6-16(19)18-10-13-8-17-9-14(13)11-18/h2-4,7,13-14,17H,5-6,8-11H2,1H3/t13-,14+. The molecule has 1 aromatic carbocycles. The van der Waals surface area contributed by atoms with E-state index in [1.165, 1.54) is 5.56 Å². The molecule has 1 amide bonds. The van der Waals surface area contributed by atoms with Gasteiger partial charge >= 0.3 is 0 Å². The van der Waals surface area contributed by atoms with Crippen molar-refractivity contribution in [2.24, 2.45) is 11.8 Å². The molecule has 108 valence electrons. The molecule has 4 heteroatoms. The second-order valence-electron chi connectivity index (χ2n) is 5.83. The maximum Gasteiger partial charge on any atom is 0.222 e. The van der Waals surface area contributed by atoms with Gasteiger partial charge in [-0.15, -0.1) is 0 Å². The number of nitrogens with one attached hydrogen (secondary N) is 1. The van der Waals surface area contributed by atoms with Crippen LogP contribution in [0, 0.1) is 11.8 Å². The minimum atomic E-state index is 0.294. The smallest absolute Gasteiger partial charge is 0.222 e. The molecule has 2 saturated heterocycles. The number of ether oxygens (including phenoxy) is 1. The first-order chi connectivity index (χ1) is 9.76. The van der Waals surface area contributed by atoms with Crippen molar-refractivity contribution >= 4 is 5.91 Å². The average molecular weight is 274 g/mol. The van der Waals surface area contributed by atoms with Gasteiger partial charge in [-0.25, -0.2) is 0 Å². The van der Waals surface area contributed by atoms with Crippen LogP contribution in [0.4, 0.5) is 0 Å². The summed E-state index contributed by atoms with van der Waals surface area (Å²) in [6.07, 6.45) is 1.39. The van der Waals surface area contributed by atoms with Gasteiger partial charge in [-0.3, -0.25) is 4.79 Å². The van der Waals surface area contributed by atoms with Gasteiger partial charge in [0.05, 0.1) is 7.11 Å². The van der Waals surface area contributed by atoms with Crippen LogP contribution in [0.3, 0.4) is 0 Å². The summed E-state index contributed by atoms with van der Waals surface area (Å²) in [6.45, 7) is 4.03. The average Bonchev–Trinajstić information content (AvgIpc) is 3.06. The van der Waals surface area contributed by atoms with E-state index in [0.29, 0.717) is 24.2 Å². The number of carbonyl (C=O) groups excluding carboxylic acids is 1. The van der Waals surface area contributed by atoms with Crippen molar-refractivity contribution in [1.29, 1.82) is 0 Å². The predicted octanol–water partition coefficient (Wildman–Crippen LogP) is 1.31. The predicted molar refractivity (Wildman–Crippen MR) is 77.7 cm³/mol.